The van der Waals surface area contributed by atoms with Gasteiger partial charge in [0.25, 0.3) is 0 Å². The fourth-order valence-corrected chi connectivity index (χ4v) is 1.84. The zero-order chi connectivity index (χ0) is 17.5. The van der Waals surface area contributed by atoms with E-state index < -0.39 is 0 Å². The number of carbonyl (C=O) groups excluding carboxylic acids is 3. The number of ether oxygens (including phenoxy) is 2. The van der Waals surface area contributed by atoms with Crippen molar-refractivity contribution < 1.29 is 23.9 Å². The molecular formula is C16H30N2O5. The van der Waals surface area contributed by atoms with Crippen LogP contribution < -0.4 is 11.1 Å². The van der Waals surface area contributed by atoms with Crippen LogP contribution in [0.1, 0.15) is 46.0 Å². The molecule has 0 radical (unpaired) electrons. The molecule has 0 saturated heterocycles. The molecule has 0 fully saturated rings. The molecule has 0 aliphatic rings. The van der Waals surface area contributed by atoms with Gasteiger partial charge in [0.05, 0.1) is 25.9 Å². The van der Waals surface area contributed by atoms with Crippen molar-refractivity contribution in [1.82, 2.24) is 5.32 Å². The lowest BCUT2D eigenvalue weighted by Crippen LogP contribution is -2.27. The summed E-state index contributed by atoms with van der Waals surface area (Å²) in [6.07, 6.45) is 3.70. The molecule has 1 atom stereocenters. The van der Waals surface area contributed by atoms with E-state index in [-0.39, 0.29) is 30.1 Å². The molecule has 1 amide bonds. The van der Waals surface area contributed by atoms with Crippen LogP contribution in [0.3, 0.4) is 0 Å². The highest BCUT2D eigenvalue weighted by molar-refractivity contribution is 5.81. The minimum Gasteiger partial charge on any atom is -0.377 e. The topological polar surface area (TPSA) is 108 Å². The number of nitrogens with two attached hydrogens (primary N) is 1. The van der Waals surface area contributed by atoms with Crippen LogP contribution in [0.5, 0.6) is 0 Å². The minimum atomic E-state index is -0.375. The second kappa shape index (κ2) is 14.3. The summed E-state index contributed by atoms with van der Waals surface area (Å²) in [6, 6.07) is -0.375. The Bertz CT molecular complexity index is 360. The number of Topliss-reactive ketones (excluding diaryl/α,β-unsaturated/α-hetero) is 2. The number of ketones is 2. The van der Waals surface area contributed by atoms with Crippen LogP contribution in [-0.4, -0.2) is 56.5 Å². The van der Waals surface area contributed by atoms with Crippen molar-refractivity contribution >= 4 is 17.5 Å². The molecule has 0 saturated carbocycles. The van der Waals surface area contributed by atoms with Gasteiger partial charge in [0.1, 0.15) is 12.4 Å². The van der Waals surface area contributed by atoms with Crippen molar-refractivity contribution in [2.45, 2.75) is 52.0 Å². The second-order valence-corrected chi connectivity index (χ2v) is 5.50. The normalized spacial score (nSPS) is 12.0. The maximum Gasteiger partial charge on any atom is 0.216 e. The summed E-state index contributed by atoms with van der Waals surface area (Å²) in [5, 5.41) is 2.62. The third-order valence-electron chi connectivity index (χ3n) is 3.25. The Labute approximate surface area is 138 Å². The molecule has 0 aliphatic carbocycles. The van der Waals surface area contributed by atoms with Crippen molar-refractivity contribution in [3.8, 4) is 0 Å². The van der Waals surface area contributed by atoms with E-state index in [0.717, 1.165) is 19.3 Å². The number of unbranched alkanes of at least 4 members (excludes halogenated alkanes) is 2. The van der Waals surface area contributed by atoms with Crippen LogP contribution in [0, 0.1) is 0 Å². The molecule has 7 nitrogen and oxygen atoms in total. The summed E-state index contributed by atoms with van der Waals surface area (Å²) < 4.78 is 10.5. The highest BCUT2D eigenvalue weighted by Crippen LogP contribution is 2.06. The van der Waals surface area contributed by atoms with Crippen molar-refractivity contribution in [1.29, 1.82) is 0 Å². The molecule has 0 aromatic rings. The van der Waals surface area contributed by atoms with Crippen LogP contribution in [0.25, 0.3) is 0 Å². The van der Waals surface area contributed by atoms with Gasteiger partial charge in [-0.1, -0.05) is 12.8 Å². The van der Waals surface area contributed by atoms with E-state index in [1.165, 1.54) is 13.8 Å². The van der Waals surface area contributed by atoms with Gasteiger partial charge in [-0.3, -0.25) is 14.4 Å². The first-order valence-corrected chi connectivity index (χ1v) is 8.11. The molecule has 0 aromatic heterocycles. The number of amides is 1. The Balaban J connectivity index is 3.31. The summed E-state index contributed by atoms with van der Waals surface area (Å²) in [5.41, 5.74) is 5.63. The molecule has 0 heterocycles. The Morgan fingerprint density at radius 3 is 2.35 bits per heavy atom. The average molecular weight is 330 g/mol. The maximum atomic E-state index is 11.6. The molecular weight excluding hydrogens is 300 g/mol. The van der Waals surface area contributed by atoms with Crippen LogP contribution in [0.4, 0.5) is 0 Å². The molecule has 0 aliphatic heterocycles. The fraction of sp³-hybridized carbons (Fsp3) is 0.812. The van der Waals surface area contributed by atoms with Crippen molar-refractivity contribution in [3.05, 3.63) is 0 Å². The zero-order valence-corrected chi connectivity index (χ0v) is 14.3. The Morgan fingerprint density at radius 2 is 1.70 bits per heavy atom. The van der Waals surface area contributed by atoms with E-state index in [2.05, 4.69) is 5.32 Å². The molecule has 7 heteroatoms. The number of hydrogen-bond donors (Lipinski definition) is 2. The number of nitrogens with one attached hydrogen (secondary N) is 1. The van der Waals surface area contributed by atoms with Crippen LogP contribution in [0.2, 0.25) is 0 Å². The van der Waals surface area contributed by atoms with Crippen molar-refractivity contribution in [2.24, 2.45) is 5.73 Å². The third kappa shape index (κ3) is 15.4. The predicted octanol–water partition coefficient (Wildman–Crippen LogP) is 0.592. The Kier molecular flexibility index (Phi) is 13.5. The SMILES string of the molecule is CC(=O)NCCOCCOCC(=O)CCCCC[C@H](N)C(C)=O. The average Bonchev–Trinajstić information content (AvgIpc) is 2.48. The summed E-state index contributed by atoms with van der Waals surface area (Å²) in [7, 11) is 0. The zero-order valence-electron chi connectivity index (χ0n) is 14.3. The molecule has 3 N–H and O–H groups in total. The first kappa shape index (κ1) is 21.7. The van der Waals surface area contributed by atoms with Gasteiger partial charge in [-0.15, -0.1) is 0 Å². The Hall–Kier alpha value is -1.31. The van der Waals surface area contributed by atoms with Crippen molar-refractivity contribution in [2.75, 3.05) is 33.0 Å². The monoisotopic (exact) mass is 330 g/mol. The van der Waals surface area contributed by atoms with Gasteiger partial charge in [-0.05, 0) is 19.8 Å². The van der Waals surface area contributed by atoms with Gasteiger partial charge < -0.3 is 20.5 Å². The summed E-state index contributed by atoms with van der Waals surface area (Å²) in [4.78, 5) is 33.1. The lowest BCUT2D eigenvalue weighted by molar-refractivity contribution is -0.124. The lowest BCUT2D eigenvalue weighted by Gasteiger charge is -2.07. The number of hydrogen-bond acceptors (Lipinski definition) is 6. The van der Waals surface area contributed by atoms with Crippen LogP contribution >= 0.6 is 0 Å². The Morgan fingerprint density at radius 1 is 1.00 bits per heavy atom. The predicted molar refractivity (Wildman–Crippen MR) is 87.1 cm³/mol. The number of carbonyl (C=O) groups is 3. The van der Waals surface area contributed by atoms with Gasteiger partial charge in [-0.25, -0.2) is 0 Å². The standard InChI is InChI=1S/C16H30N2O5/c1-13(19)16(17)7-5-3-4-6-15(21)12-23-11-10-22-9-8-18-14(2)20/h16H,3-12,17H2,1-2H3,(H,18,20)/t16-/m0/s1. The second-order valence-electron chi connectivity index (χ2n) is 5.50. The minimum absolute atomic E-state index is 0.00812. The summed E-state index contributed by atoms with van der Waals surface area (Å²) in [6.45, 7) is 4.71. The number of rotatable bonds is 15. The molecule has 0 unspecified atom stereocenters. The molecule has 0 spiro atoms. The highest BCUT2D eigenvalue weighted by atomic mass is 16.5. The largest absolute Gasteiger partial charge is 0.377 e. The highest BCUT2D eigenvalue weighted by Gasteiger charge is 2.07. The summed E-state index contributed by atoms with van der Waals surface area (Å²) in [5.74, 6) is -0.00777. The van der Waals surface area contributed by atoms with E-state index in [9.17, 15) is 14.4 Å². The van der Waals surface area contributed by atoms with Gasteiger partial charge in [0.2, 0.25) is 5.91 Å². The third-order valence-corrected chi connectivity index (χ3v) is 3.25. The first-order chi connectivity index (χ1) is 10.9. The van der Waals surface area contributed by atoms with Gasteiger partial charge in [0, 0.05) is 19.9 Å². The van der Waals surface area contributed by atoms with Crippen molar-refractivity contribution in [3.63, 3.8) is 0 Å². The lowest BCUT2D eigenvalue weighted by atomic mass is 10.0. The van der Waals surface area contributed by atoms with Crippen LogP contribution in [0.15, 0.2) is 0 Å². The van der Waals surface area contributed by atoms with E-state index in [4.69, 9.17) is 15.2 Å². The van der Waals surface area contributed by atoms with E-state index >= 15 is 0 Å². The maximum absolute atomic E-state index is 11.6. The molecule has 0 bridgehead atoms. The van der Waals surface area contributed by atoms with Gasteiger partial charge in [0.15, 0.2) is 5.78 Å². The first-order valence-electron chi connectivity index (χ1n) is 8.11. The smallest absolute Gasteiger partial charge is 0.216 e. The van der Waals surface area contributed by atoms with E-state index in [0.29, 0.717) is 39.2 Å². The molecule has 0 aromatic carbocycles. The quantitative estimate of drug-likeness (QED) is 0.426. The fourth-order valence-electron chi connectivity index (χ4n) is 1.84. The van der Waals surface area contributed by atoms with E-state index in [1.807, 2.05) is 0 Å². The molecule has 134 valence electrons. The van der Waals surface area contributed by atoms with E-state index in [1.54, 1.807) is 0 Å². The molecule has 0 rings (SSSR count). The van der Waals surface area contributed by atoms with Gasteiger partial charge >= 0.3 is 0 Å². The van der Waals surface area contributed by atoms with Gasteiger partial charge in [-0.2, -0.15) is 0 Å². The molecule has 23 heavy (non-hydrogen) atoms. The summed E-state index contributed by atoms with van der Waals surface area (Å²) >= 11 is 0. The van der Waals surface area contributed by atoms with Crippen LogP contribution in [-0.2, 0) is 23.9 Å².